The summed E-state index contributed by atoms with van der Waals surface area (Å²) in [7, 11) is 0. The van der Waals surface area contributed by atoms with Gasteiger partial charge >= 0.3 is 0 Å². The number of benzene rings is 1. The van der Waals surface area contributed by atoms with Crippen LogP contribution in [0, 0.1) is 23.5 Å². The van der Waals surface area contributed by atoms with Crippen LogP contribution in [0.25, 0.3) is 0 Å². The van der Waals surface area contributed by atoms with Crippen LogP contribution in [-0.4, -0.2) is 17.6 Å². The Balaban J connectivity index is 2.01. The summed E-state index contributed by atoms with van der Waals surface area (Å²) in [5.74, 6) is 2.37. The average molecular weight is 307 g/mol. The summed E-state index contributed by atoms with van der Waals surface area (Å²) < 4.78 is 26.5. The molecule has 0 bridgehead atoms. The van der Waals surface area contributed by atoms with Crippen molar-refractivity contribution >= 4 is 17.2 Å². The van der Waals surface area contributed by atoms with Crippen LogP contribution in [0.3, 0.4) is 0 Å². The molecule has 6 heteroatoms. The minimum Gasteiger partial charge on any atom is -0.384 e. The molecule has 1 aromatic carbocycles. The van der Waals surface area contributed by atoms with Gasteiger partial charge < -0.3 is 10.4 Å². The molecule has 1 aromatic heterocycles. The lowest BCUT2D eigenvalue weighted by Gasteiger charge is -2.05. The SMILES string of the molecule is O=C(NCc1cc(C#CCO)cs1)c1cccc(F)c1F. The van der Waals surface area contributed by atoms with Crippen molar-refractivity contribution < 1.29 is 18.7 Å². The molecule has 21 heavy (non-hydrogen) atoms. The largest absolute Gasteiger partial charge is 0.384 e. The fourth-order valence-corrected chi connectivity index (χ4v) is 2.38. The van der Waals surface area contributed by atoms with E-state index in [1.165, 1.54) is 23.5 Å². The van der Waals surface area contributed by atoms with Gasteiger partial charge in [0.25, 0.3) is 5.91 Å². The smallest absolute Gasteiger partial charge is 0.254 e. The predicted molar refractivity (Wildman–Crippen MR) is 75.8 cm³/mol. The van der Waals surface area contributed by atoms with Gasteiger partial charge in [0, 0.05) is 15.8 Å². The zero-order chi connectivity index (χ0) is 15.2. The Kier molecular flexibility index (Phi) is 5.04. The van der Waals surface area contributed by atoms with E-state index in [1.807, 2.05) is 0 Å². The first kappa shape index (κ1) is 15.2. The van der Waals surface area contributed by atoms with Gasteiger partial charge in [-0.2, -0.15) is 0 Å². The second-order valence-electron chi connectivity index (χ2n) is 4.05. The number of halogens is 2. The highest BCUT2D eigenvalue weighted by atomic mass is 32.1. The van der Waals surface area contributed by atoms with E-state index in [0.29, 0.717) is 0 Å². The average Bonchev–Trinajstić information content (AvgIpc) is 2.93. The normalized spacial score (nSPS) is 9.86. The van der Waals surface area contributed by atoms with Crippen LogP contribution in [0.5, 0.6) is 0 Å². The molecule has 2 rings (SSSR count). The Morgan fingerprint density at radius 2 is 2.19 bits per heavy atom. The molecule has 0 radical (unpaired) electrons. The minimum absolute atomic E-state index is 0.195. The third kappa shape index (κ3) is 3.88. The molecule has 0 aliphatic heterocycles. The summed E-state index contributed by atoms with van der Waals surface area (Å²) in [5, 5.41) is 12.9. The van der Waals surface area contributed by atoms with Crippen molar-refractivity contribution in [2.24, 2.45) is 0 Å². The summed E-state index contributed by atoms with van der Waals surface area (Å²) in [6.07, 6.45) is 0. The van der Waals surface area contributed by atoms with Gasteiger partial charge in [-0.1, -0.05) is 17.9 Å². The van der Waals surface area contributed by atoms with E-state index in [1.54, 1.807) is 11.4 Å². The lowest BCUT2D eigenvalue weighted by Crippen LogP contribution is -2.23. The number of carbonyl (C=O) groups is 1. The van der Waals surface area contributed by atoms with Crippen molar-refractivity contribution in [1.82, 2.24) is 5.32 Å². The Morgan fingerprint density at radius 1 is 1.38 bits per heavy atom. The molecule has 2 N–H and O–H groups in total. The number of rotatable bonds is 3. The van der Waals surface area contributed by atoms with Crippen molar-refractivity contribution in [2.45, 2.75) is 6.54 Å². The molecule has 0 aliphatic rings. The maximum atomic E-state index is 13.4. The summed E-state index contributed by atoms with van der Waals surface area (Å²) in [4.78, 5) is 12.6. The molecular weight excluding hydrogens is 296 g/mol. The first-order valence-electron chi connectivity index (χ1n) is 6.01. The topological polar surface area (TPSA) is 49.3 Å². The monoisotopic (exact) mass is 307 g/mol. The third-order valence-electron chi connectivity index (χ3n) is 2.58. The van der Waals surface area contributed by atoms with Gasteiger partial charge in [0.1, 0.15) is 6.61 Å². The summed E-state index contributed by atoms with van der Waals surface area (Å²) in [5.41, 5.74) is 0.405. The van der Waals surface area contributed by atoms with Gasteiger partial charge in [-0.3, -0.25) is 4.79 Å². The number of hydrogen-bond acceptors (Lipinski definition) is 3. The molecule has 3 nitrogen and oxygen atoms in total. The first-order chi connectivity index (χ1) is 10.1. The minimum atomic E-state index is -1.16. The Hall–Kier alpha value is -2.23. The van der Waals surface area contributed by atoms with Crippen molar-refractivity contribution in [3.05, 3.63) is 57.3 Å². The zero-order valence-electron chi connectivity index (χ0n) is 10.8. The highest BCUT2D eigenvalue weighted by Gasteiger charge is 2.14. The van der Waals surface area contributed by atoms with E-state index in [4.69, 9.17) is 5.11 Å². The zero-order valence-corrected chi connectivity index (χ0v) is 11.6. The third-order valence-corrected chi connectivity index (χ3v) is 3.52. The van der Waals surface area contributed by atoms with Gasteiger partial charge in [-0.05, 0) is 18.2 Å². The van der Waals surface area contributed by atoms with Crippen LogP contribution >= 0.6 is 11.3 Å². The van der Waals surface area contributed by atoms with Gasteiger partial charge in [0.05, 0.1) is 12.1 Å². The number of amides is 1. The van der Waals surface area contributed by atoms with Crippen LogP contribution in [0.4, 0.5) is 8.78 Å². The Morgan fingerprint density at radius 3 is 2.95 bits per heavy atom. The second-order valence-corrected chi connectivity index (χ2v) is 5.04. The maximum Gasteiger partial charge on any atom is 0.254 e. The second kappa shape index (κ2) is 6.97. The highest BCUT2D eigenvalue weighted by Crippen LogP contribution is 2.15. The van der Waals surface area contributed by atoms with Gasteiger partial charge in [-0.25, -0.2) is 8.78 Å². The standard InChI is InChI=1S/C15H11F2NO2S/c16-13-5-1-4-12(14(13)17)15(20)18-8-11-7-10(9-21-11)3-2-6-19/h1,4-5,7,9,19H,6,8H2,(H,18,20). The van der Waals surface area contributed by atoms with E-state index >= 15 is 0 Å². The van der Waals surface area contributed by atoms with E-state index in [0.717, 1.165) is 16.5 Å². The van der Waals surface area contributed by atoms with E-state index < -0.39 is 17.5 Å². The quantitative estimate of drug-likeness (QED) is 0.855. The van der Waals surface area contributed by atoms with Crippen molar-refractivity contribution in [3.8, 4) is 11.8 Å². The molecular formula is C15H11F2NO2S. The van der Waals surface area contributed by atoms with Crippen molar-refractivity contribution in [3.63, 3.8) is 0 Å². The highest BCUT2D eigenvalue weighted by molar-refractivity contribution is 7.10. The molecule has 0 atom stereocenters. The van der Waals surface area contributed by atoms with Crippen LogP contribution in [0.2, 0.25) is 0 Å². The molecule has 0 saturated carbocycles. The fourth-order valence-electron chi connectivity index (χ4n) is 1.62. The van der Waals surface area contributed by atoms with Crippen LogP contribution in [0.15, 0.2) is 29.6 Å². The molecule has 0 saturated heterocycles. The van der Waals surface area contributed by atoms with Gasteiger partial charge in [0.2, 0.25) is 0 Å². The predicted octanol–water partition coefficient (Wildman–Crippen LogP) is 2.30. The van der Waals surface area contributed by atoms with E-state index in [2.05, 4.69) is 17.2 Å². The summed E-state index contributed by atoms with van der Waals surface area (Å²) in [6.45, 7) is -0.0268. The molecule has 1 heterocycles. The maximum absolute atomic E-state index is 13.4. The Bertz CT molecular complexity index is 716. The number of aliphatic hydroxyl groups excluding tert-OH is 1. The molecule has 0 unspecified atom stereocenters. The Labute approximate surface area is 124 Å². The van der Waals surface area contributed by atoms with Crippen LogP contribution in [-0.2, 0) is 6.54 Å². The summed E-state index contributed by atoms with van der Waals surface area (Å²) >= 11 is 1.38. The lowest BCUT2D eigenvalue weighted by molar-refractivity contribution is 0.0946. The van der Waals surface area contributed by atoms with Crippen molar-refractivity contribution in [1.29, 1.82) is 0 Å². The molecule has 2 aromatic rings. The van der Waals surface area contributed by atoms with E-state index in [-0.39, 0.29) is 18.7 Å². The van der Waals surface area contributed by atoms with E-state index in [9.17, 15) is 13.6 Å². The summed E-state index contributed by atoms with van der Waals surface area (Å²) in [6, 6.07) is 5.22. The first-order valence-corrected chi connectivity index (χ1v) is 6.89. The lowest BCUT2D eigenvalue weighted by atomic mass is 10.2. The molecule has 0 spiro atoms. The molecule has 0 aliphatic carbocycles. The van der Waals surface area contributed by atoms with Crippen molar-refractivity contribution in [2.75, 3.05) is 6.61 Å². The number of hydrogen-bond donors (Lipinski definition) is 2. The fraction of sp³-hybridized carbons (Fsp3) is 0.133. The van der Waals surface area contributed by atoms with Gasteiger partial charge in [0.15, 0.2) is 11.6 Å². The van der Waals surface area contributed by atoms with Crippen LogP contribution in [0.1, 0.15) is 20.8 Å². The molecule has 108 valence electrons. The molecule has 0 fully saturated rings. The number of carbonyl (C=O) groups excluding carboxylic acids is 1. The molecule has 1 amide bonds. The number of aliphatic hydroxyl groups is 1. The van der Waals surface area contributed by atoms with Crippen LogP contribution < -0.4 is 5.32 Å². The number of nitrogens with one attached hydrogen (secondary N) is 1. The number of thiophene rings is 1. The van der Waals surface area contributed by atoms with Gasteiger partial charge in [-0.15, -0.1) is 11.3 Å².